The number of nitrogens with zero attached hydrogens (tertiary/aromatic N) is 5. The lowest BCUT2D eigenvalue weighted by Gasteiger charge is -2.08. The molecule has 0 bridgehead atoms. The summed E-state index contributed by atoms with van der Waals surface area (Å²) in [6.45, 7) is 2.65. The van der Waals surface area contributed by atoms with Gasteiger partial charge in [-0.15, -0.1) is 0 Å². The minimum atomic E-state index is 0.441. The summed E-state index contributed by atoms with van der Waals surface area (Å²) in [5, 5.41) is 15.5. The average molecular weight is 494 g/mol. The van der Waals surface area contributed by atoms with Gasteiger partial charge < -0.3 is 9.30 Å². The highest BCUT2D eigenvalue weighted by atomic mass is 35.5. The molecule has 178 valence electrons. The van der Waals surface area contributed by atoms with Crippen LogP contribution in [-0.4, -0.2) is 25.9 Å². The lowest BCUT2D eigenvalue weighted by molar-refractivity contribution is 0.317. The van der Waals surface area contributed by atoms with E-state index < -0.39 is 0 Å². The van der Waals surface area contributed by atoms with Crippen LogP contribution in [0, 0.1) is 11.3 Å². The van der Waals surface area contributed by atoms with Crippen molar-refractivity contribution in [1.82, 2.24) is 19.3 Å². The highest BCUT2D eigenvalue weighted by Gasteiger charge is 2.17. The first-order chi connectivity index (χ1) is 17.6. The van der Waals surface area contributed by atoms with E-state index in [2.05, 4.69) is 13.0 Å². The molecular weight excluding hydrogens is 470 g/mol. The average Bonchev–Trinajstić information content (AvgIpc) is 3.48. The van der Waals surface area contributed by atoms with Crippen LogP contribution in [0.3, 0.4) is 0 Å². The zero-order chi connectivity index (χ0) is 25.1. The third-order valence-electron chi connectivity index (χ3n) is 5.88. The predicted octanol–water partition coefficient (Wildman–Crippen LogP) is 6.93. The molecule has 5 rings (SSSR count). The Morgan fingerprint density at radius 2 is 1.86 bits per heavy atom. The second-order valence-electron chi connectivity index (χ2n) is 8.36. The van der Waals surface area contributed by atoms with E-state index in [0.717, 1.165) is 34.3 Å². The lowest BCUT2D eigenvalue weighted by atomic mass is 10.1. The van der Waals surface area contributed by atoms with Crippen LogP contribution < -0.4 is 4.74 Å². The SMILES string of the molecule is CCCOc1ccc(-c2nn(-c3ccccc3)cc2C=C(C#N)c2nc3ccccc3n2C)cc1Cl. The molecule has 0 unspecified atom stereocenters. The van der Waals surface area contributed by atoms with Crippen LogP contribution >= 0.6 is 11.6 Å². The molecule has 2 aromatic heterocycles. The number of benzene rings is 3. The van der Waals surface area contributed by atoms with Crippen LogP contribution in [0.5, 0.6) is 5.75 Å². The summed E-state index contributed by atoms with van der Waals surface area (Å²) in [7, 11) is 1.92. The number of allylic oxidation sites excluding steroid dienone is 1. The number of hydrogen-bond donors (Lipinski definition) is 0. The standard InChI is InChI=1S/C29H24ClN5O/c1-3-15-36-27-14-13-20(17-24(27)30)28-22(19-35(33-28)23-9-5-4-6-10-23)16-21(18-31)29-32-25-11-7-8-12-26(25)34(29)2/h4-14,16-17,19H,3,15H2,1-2H3. The van der Waals surface area contributed by atoms with Gasteiger partial charge in [0.05, 0.1) is 33.9 Å². The molecular formula is C29H24ClN5O. The van der Waals surface area contributed by atoms with Crippen molar-refractivity contribution in [2.75, 3.05) is 6.61 Å². The quantitative estimate of drug-likeness (QED) is 0.230. The van der Waals surface area contributed by atoms with E-state index in [9.17, 15) is 5.26 Å². The highest BCUT2D eigenvalue weighted by Crippen LogP contribution is 2.33. The van der Waals surface area contributed by atoms with Gasteiger partial charge in [-0.3, -0.25) is 0 Å². The first kappa shape index (κ1) is 23.4. The summed E-state index contributed by atoms with van der Waals surface area (Å²) in [6, 6.07) is 25.7. The summed E-state index contributed by atoms with van der Waals surface area (Å²) < 4.78 is 9.48. The normalized spacial score (nSPS) is 11.6. The second-order valence-corrected chi connectivity index (χ2v) is 8.77. The van der Waals surface area contributed by atoms with Crippen molar-refractivity contribution < 1.29 is 4.74 Å². The number of fused-ring (bicyclic) bond motifs is 1. The fourth-order valence-electron chi connectivity index (χ4n) is 4.10. The zero-order valence-corrected chi connectivity index (χ0v) is 20.8. The Labute approximate surface area is 214 Å². The maximum Gasteiger partial charge on any atom is 0.151 e. The Morgan fingerprint density at radius 3 is 2.58 bits per heavy atom. The summed E-state index contributed by atoms with van der Waals surface area (Å²) in [4.78, 5) is 4.71. The topological polar surface area (TPSA) is 68.7 Å². The lowest BCUT2D eigenvalue weighted by Crippen LogP contribution is -1.96. The van der Waals surface area contributed by atoms with E-state index >= 15 is 0 Å². The third-order valence-corrected chi connectivity index (χ3v) is 6.17. The Kier molecular flexibility index (Phi) is 6.57. The van der Waals surface area contributed by atoms with Gasteiger partial charge in [0, 0.05) is 24.4 Å². The molecule has 0 aliphatic carbocycles. The molecule has 0 N–H and O–H groups in total. The molecule has 0 radical (unpaired) electrons. The molecule has 0 fully saturated rings. The number of nitriles is 1. The van der Waals surface area contributed by atoms with Gasteiger partial charge in [-0.2, -0.15) is 10.4 Å². The first-order valence-corrected chi connectivity index (χ1v) is 12.1. The Balaban J connectivity index is 1.65. The monoisotopic (exact) mass is 493 g/mol. The molecule has 0 saturated heterocycles. The number of aromatic nitrogens is 4. The van der Waals surface area contributed by atoms with Gasteiger partial charge in [0.15, 0.2) is 5.82 Å². The highest BCUT2D eigenvalue weighted by molar-refractivity contribution is 6.32. The van der Waals surface area contributed by atoms with Crippen LogP contribution in [0.2, 0.25) is 5.02 Å². The minimum Gasteiger partial charge on any atom is -0.492 e. The van der Waals surface area contributed by atoms with E-state index in [1.807, 2.05) is 96.7 Å². The van der Waals surface area contributed by atoms with Gasteiger partial charge in [0.2, 0.25) is 0 Å². The fraction of sp³-hybridized carbons (Fsp3) is 0.138. The van der Waals surface area contributed by atoms with Gasteiger partial charge in [0.1, 0.15) is 17.5 Å². The number of ether oxygens (including phenoxy) is 1. The third kappa shape index (κ3) is 4.49. The molecule has 0 spiro atoms. The van der Waals surface area contributed by atoms with Crippen LogP contribution in [-0.2, 0) is 7.05 Å². The number of imidazole rings is 1. The smallest absolute Gasteiger partial charge is 0.151 e. The van der Waals surface area contributed by atoms with Gasteiger partial charge in [-0.1, -0.05) is 48.9 Å². The molecule has 7 heteroatoms. The van der Waals surface area contributed by atoms with Gasteiger partial charge in [0.25, 0.3) is 0 Å². The van der Waals surface area contributed by atoms with Crippen LogP contribution in [0.25, 0.3) is 39.6 Å². The molecule has 0 atom stereocenters. The van der Waals surface area contributed by atoms with Crippen molar-refractivity contribution in [2.24, 2.45) is 7.05 Å². The van der Waals surface area contributed by atoms with Crippen molar-refractivity contribution in [3.8, 4) is 28.8 Å². The maximum atomic E-state index is 10.1. The first-order valence-electron chi connectivity index (χ1n) is 11.7. The van der Waals surface area contributed by atoms with Crippen LogP contribution in [0.4, 0.5) is 0 Å². The number of halogens is 1. The molecule has 0 amide bonds. The summed E-state index contributed by atoms with van der Waals surface area (Å²) in [5.74, 6) is 1.23. The van der Waals surface area contributed by atoms with E-state index in [1.165, 1.54) is 0 Å². The largest absolute Gasteiger partial charge is 0.492 e. The zero-order valence-electron chi connectivity index (χ0n) is 20.0. The summed E-state index contributed by atoms with van der Waals surface area (Å²) >= 11 is 6.55. The van der Waals surface area contributed by atoms with E-state index in [0.29, 0.717) is 34.5 Å². The predicted molar refractivity (Wildman–Crippen MR) is 144 cm³/mol. The molecule has 0 saturated carbocycles. The molecule has 36 heavy (non-hydrogen) atoms. The molecule has 0 aliphatic heterocycles. The van der Waals surface area contributed by atoms with Gasteiger partial charge in [-0.25, -0.2) is 9.67 Å². The number of aryl methyl sites for hydroxylation is 1. The number of para-hydroxylation sites is 3. The van der Waals surface area contributed by atoms with Crippen molar-refractivity contribution in [3.05, 3.63) is 95.4 Å². The molecule has 3 aromatic carbocycles. The Morgan fingerprint density at radius 1 is 1.08 bits per heavy atom. The number of rotatable bonds is 7. The second kappa shape index (κ2) is 10.1. The van der Waals surface area contributed by atoms with Crippen molar-refractivity contribution >= 4 is 34.3 Å². The van der Waals surface area contributed by atoms with E-state index in [4.69, 9.17) is 26.4 Å². The molecule has 0 aliphatic rings. The van der Waals surface area contributed by atoms with Crippen molar-refractivity contribution in [3.63, 3.8) is 0 Å². The fourth-order valence-corrected chi connectivity index (χ4v) is 4.33. The van der Waals surface area contributed by atoms with Gasteiger partial charge in [-0.05, 0) is 55.0 Å². The van der Waals surface area contributed by atoms with E-state index in [-0.39, 0.29) is 0 Å². The van der Waals surface area contributed by atoms with Gasteiger partial charge >= 0.3 is 0 Å². The number of hydrogen-bond acceptors (Lipinski definition) is 4. The van der Waals surface area contributed by atoms with Crippen molar-refractivity contribution in [1.29, 1.82) is 5.26 Å². The summed E-state index contributed by atoms with van der Waals surface area (Å²) in [6.07, 6.45) is 4.64. The Hall–Kier alpha value is -4.34. The molecule has 5 aromatic rings. The Bertz CT molecular complexity index is 1610. The molecule has 2 heterocycles. The maximum absolute atomic E-state index is 10.1. The molecule has 6 nitrogen and oxygen atoms in total. The summed E-state index contributed by atoms with van der Waals surface area (Å²) in [5.41, 5.74) is 5.46. The van der Waals surface area contributed by atoms with Crippen molar-refractivity contribution in [2.45, 2.75) is 13.3 Å². The van der Waals surface area contributed by atoms with E-state index in [1.54, 1.807) is 4.68 Å². The van der Waals surface area contributed by atoms with Crippen LogP contribution in [0.1, 0.15) is 24.7 Å². The van der Waals surface area contributed by atoms with Crippen LogP contribution in [0.15, 0.2) is 79.0 Å². The minimum absolute atomic E-state index is 0.441.